The van der Waals surface area contributed by atoms with Gasteiger partial charge in [0.1, 0.15) is 16.7 Å². The third kappa shape index (κ3) is 3.68. The average Bonchev–Trinajstić information content (AvgIpc) is 3.64. The molecule has 43 heavy (non-hydrogen) atoms. The summed E-state index contributed by atoms with van der Waals surface area (Å²) in [5, 5.41) is 6.68. The molecule has 0 amide bonds. The van der Waals surface area contributed by atoms with Gasteiger partial charge in [0, 0.05) is 38.3 Å². The highest BCUT2D eigenvalue weighted by Crippen LogP contribution is 2.46. The summed E-state index contributed by atoms with van der Waals surface area (Å²) in [4.78, 5) is 2.28. The number of para-hydroxylation sites is 3. The lowest BCUT2D eigenvalue weighted by atomic mass is 9.95. The lowest BCUT2D eigenvalue weighted by Gasteiger charge is -2.25. The van der Waals surface area contributed by atoms with Crippen molar-refractivity contribution in [2.75, 3.05) is 4.90 Å². The molecule has 9 rings (SSSR count). The molecule has 3 heteroatoms. The van der Waals surface area contributed by atoms with E-state index in [1.165, 1.54) is 16.5 Å². The van der Waals surface area contributed by atoms with Crippen LogP contribution in [0.15, 0.2) is 160 Å². The third-order valence-corrected chi connectivity index (χ3v) is 8.44. The fraction of sp³-hybridized carbons (Fsp3) is 0. The van der Waals surface area contributed by atoms with E-state index < -0.39 is 0 Å². The Labute approximate surface area is 247 Å². The number of benzene rings is 7. The first-order valence-electron chi connectivity index (χ1n) is 14.5. The summed E-state index contributed by atoms with van der Waals surface area (Å²) >= 11 is 0. The highest BCUT2D eigenvalue weighted by Gasteiger charge is 2.22. The number of fused-ring (bicyclic) bond motifs is 8. The minimum absolute atomic E-state index is 0.855. The van der Waals surface area contributed by atoms with Crippen molar-refractivity contribution < 1.29 is 8.83 Å². The topological polar surface area (TPSA) is 29.5 Å². The molecule has 0 aliphatic heterocycles. The maximum absolute atomic E-state index is 6.89. The van der Waals surface area contributed by atoms with Gasteiger partial charge in [-0.3, -0.25) is 0 Å². The van der Waals surface area contributed by atoms with Crippen molar-refractivity contribution in [1.29, 1.82) is 0 Å². The van der Waals surface area contributed by atoms with Gasteiger partial charge in [-0.25, -0.2) is 0 Å². The summed E-state index contributed by atoms with van der Waals surface area (Å²) < 4.78 is 13.1. The molecule has 0 aliphatic carbocycles. The molecule has 0 aliphatic rings. The minimum atomic E-state index is 0.855. The van der Waals surface area contributed by atoms with Gasteiger partial charge in [0.05, 0.1) is 5.69 Å². The summed E-state index contributed by atoms with van der Waals surface area (Å²) in [5.74, 6) is 0. The van der Waals surface area contributed by atoms with Crippen LogP contribution in [0.2, 0.25) is 0 Å². The van der Waals surface area contributed by atoms with Crippen LogP contribution in [0.1, 0.15) is 0 Å². The van der Waals surface area contributed by atoms with E-state index in [0.29, 0.717) is 0 Å². The second-order valence-electron chi connectivity index (χ2n) is 10.9. The first kappa shape index (κ1) is 23.9. The second-order valence-corrected chi connectivity index (χ2v) is 10.9. The van der Waals surface area contributed by atoms with Crippen molar-refractivity contribution in [3.8, 4) is 11.1 Å². The van der Waals surface area contributed by atoms with Crippen LogP contribution >= 0.6 is 0 Å². The molecular formula is C40H25NO2. The number of furan rings is 2. The van der Waals surface area contributed by atoms with Gasteiger partial charge in [-0.15, -0.1) is 0 Å². The van der Waals surface area contributed by atoms with Gasteiger partial charge in [-0.1, -0.05) is 103 Å². The molecule has 0 atom stereocenters. The molecule has 2 aromatic heterocycles. The van der Waals surface area contributed by atoms with Gasteiger partial charge in [0.25, 0.3) is 0 Å². The van der Waals surface area contributed by atoms with E-state index >= 15 is 0 Å². The van der Waals surface area contributed by atoms with Crippen LogP contribution in [-0.4, -0.2) is 0 Å². The van der Waals surface area contributed by atoms with Crippen LogP contribution in [-0.2, 0) is 0 Å². The summed E-state index contributed by atoms with van der Waals surface area (Å²) in [5.41, 5.74) is 8.99. The maximum Gasteiger partial charge on any atom is 0.159 e. The fourth-order valence-electron chi connectivity index (χ4n) is 6.50. The highest BCUT2D eigenvalue weighted by molar-refractivity contribution is 6.21. The lowest BCUT2D eigenvalue weighted by Crippen LogP contribution is -2.10. The predicted molar refractivity (Wildman–Crippen MR) is 179 cm³/mol. The van der Waals surface area contributed by atoms with Crippen LogP contribution in [0.5, 0.6) is 0 Å². The number of hydrogen-bond donors (Lipinski definition) is 0. The Balaban J connectivity index is 1.34. The highest BCUT2D eigenvalue weighted by atomic mass is 16.3. The van der Waals surface area contributed by atoms with Crippen molar-refractivity contribution >= 4 is 71.7 Å². The molecule has 0 radical (unpaired) electrons. The molecule has 3 nitrogen and oxygen atoms in total. The van der Waals surface area contributed by atoms with Crippen LogP contribution < -0.4 is 4.90 Å². The van der Waals surface area contributed by atoms with Crippen LogP contribution in [0.4, 0.5) is 17.1 Å². The molecule has 0 saturated heterocycles. The number of hydrogen-bond acceptors (Lipinski definition) is 3. The summed E-state index contributed by atoms with van der Waals surface area (Å²) in [6.07, 6.45) is 0. The Morgan fingerprint density at radius 1 is 0.372 bits per heavy atom. The Morgan fingerprint density at radius 2 is 1.02 bits per heavy atom. The molecule has 0 bridgehead atoms. The number of rotatable bonds is 4. The maximum atomic E-state index is 6.89. The van der Waals surface area contributed by atoms with Gasteiger partial charge in [0.2, 0.25) is 0 Å². The smallest absolute Gasteiger partial charge is 0.159 e. The van der Waals surface area contributed by atoms with Gasteiger partial charge >= 0.3 is 0 Å². The van der Waals surface area contributed by atoms with Gasteiger partial charge < -0.3 is 13.7 Å². The Morgan fingerprint density at radius 3 is 1.86 bits per heavy atom. The molecule has 0 N–H and O–H groups in total. The molecule has 2 heterocycles. The largest absolute Gasteiger partial charge is 0.456 e. The van der Waals surface area contributed by atoms with E-state index in [0.717, 1.165) is 66.3 Å². The second kappa shape index (κ2) is 9.37. The van der Waals surface area contributed by atoms with Crippen molar-refractivity contribution in [2.24, 2.45) is 0 Å². The molecule has 0 spiro atoms. The minimum Gasteiger partial charge on any atom is -0.456 e. The molecular weight excluding hydrogens is 526 g/mol. The van der Waals surface area contributed by atoms with E-state index in [-0.39, 0.29) is 0 Å². The van der Waals surface area contributed by atoms with Crippen molar-refractivity contribution in [1.82, 2.24) is 0 Å². The molecule has 0 fully saturated rings. The summed E-state index contributed by atoms with van der Waals surface area (Å²) in [6.45, 7) is 0. The van der Waals surface area contributed by atoms with E-state index in [2.05, 4.69) is 138 Å². The van der Waals surface area contributed by atoms with E-state index in [1.54, 1.807) is 0 Å². The zero-order valence-electron chi connectivity index (χ0n) is 23.2. The molecule has 202 valence electrons. The quantitative estimate of drug-likeness (QED) is 0.218. The van der Waals surface area contributed by atoms with Crippen molar-refractivity contribution in [3.05, 3.63) is 152 Å². The average molecular weight is 552 g/mol. The van der Waals surface area contributed by atoms with Crippen LogP contribution in [0, 0.1) is 0 Å². The van der Waals surface area contributed by atoms with Gasteiger partial charge in [-0.2, -0.15) is 0 Å². The molecule has 9 aromatic rings. The predicted octanol–water partition coefficient (Wildman–Crippen LogP) is 11.8. The summed E-state index contributed by atoms with van der Waals surface area (Å²) in [7, 11) is 0. The lowest BCUT2D eigenvalue weighted by molar-refractivity contribution is 0.669. The normalized spacial score (nSPS) is 11.7. The van der Waals surface area contributed by atoms with E-state index in [4.69, 9.17) is 8.83 Å². The molecule has 0 saturated carbocycles. The van der Waals surface area contributed by atoms with E-state index in [1.807, 2.05) is 18.2 Å². The van der Waals surface area contributed by atoms with Crippen molar-refractivity contribution in [3.63, 3.8) is 0 Å². The number of nitrogens with zero attached hydrogens (tertiary/aromatic N) is 1. The Bertz CT molecular complexity index is 2450. The van der Waals surface area contributed by atoms with Crippen LogP contribution in [0.25, 0.3) is 65.8 Å². The third-order valence-electron chi connectivity index (χ3n) is 8.44. The SMILES string of the molecule is c1ccc(-c2cc3c4cccc(N(c5ccccc5)c5ccc6oc7ccccc7c6c5)c4oc3c3ccccc23)cc1. The fourth-order valence-corrected chi connectivity index (χ4v) is 6.50. The monoisotopic (exact) mass is 551 g/mol. The zero-order valence-corrected chi connectivity index (χ0v) is 23.2. The first-order chi connectivity index (χ1) is 21.3. The molecule has 7 aromatic carbocycles. The van der Waals surface area contributed by atoms with Crippen molar-refractivity contribution in [2.45, 2.75) is 0 Å². The van der Waals surface area contributed by atoms with Gasteiger partial charge in [0.15, 0.2) is 5.58 Å². The van der Waals surface area contributed by atoms with Crippen LogP contribution in [0.3, 0.4) is 0 Å². The summed E-state index contributed by atoms with van der Waals surface area (Å²) in [6, 6.07) is 53.0. The zero-order chi connectivity index (χ0) is 28.3. The molecule has 0 unspecified atom stereocenters. The van der Waals surface area contributed by atoms with E-state index in [9.17, 15) is 0 Å². The first-order valence-corrected chi connectivity index (χ1v) is 14.5. The number of anilines is 3. The Kier molecular flexibility index (Phi) is 5.20. The Hall–Kier alpha value is -5.80. The standard InChI is InChI=1S/C40H25NO2/c1-3-12-26(13-4-1)33-25-35-32-19-11-20-36(40(32)43-39(35)31-18-8-7-16-29(31)33)41(27-14-5-2-6-15-27)28-22-23-38-34(24-28)30-17-9-10-21-37(30)42-38/h1-25H. The van der Waals surface area contributed by atoms with Gasteiger partial charge in [-0.05, 0) is 65.0 Å².